The van der Waals surface area contributed by atoms with Gasteiger partial charge in [0.1, 0.15) is 5.82 Å². The van der Waals surface area contributed by atoms with Crippen molar-refractivity contribution in [2.75, 3.05) is 46.7 Å². The number of benzene rings is 1. The molecule has 0 aliphatic heterocycles. The molecule has 1 aromatic rings. The lowest BCUT2D eigenvalue weighted by Gasteiger charge is -2.31. The Morgan fingerprint density at radius 1 is 1.19 bits per heavy atom. The van der Waals surface area contributed by atoms with E-state index in [0.29, 0.717) is 24.7 Å². The van der Waals surface area contributed by atoms with Crippen LogP contribution in [0.1, 0.15) is 31.2 Å². The molecule has 0 aromatic heterocycles. The summed E-state index contributed by atoms with van der Waals surface area (Å²) in [4.78, 5) is 20.3. The van der Waals surface area contributed by atoms with Crippen LogP contribution in [0.5, 0.6) is 0 Å². The molecule has 0 spiro atoms. The second-order valence-corrected chi connectivity index (χ2v) is 7.65. The number of hydrogen-bond acceptors (Lipinski definition) is 3. The van der Waals surface area contributed by atoms with Crippen LogP contribution < -0.4 is 15.5 Å². The summed E-state index contributed by atoms with van der Waals surface area (Å²) >= 11 is 0. The van der Waals surface area contributed by atoms with Gasteiger partial charge in [-0.3, -0.25) is 9.79 Å². The minimum absolute atomic E-state index is 0.171. The molecule has 0 radical (unpaired) electrons. The van der Waals surface area contributed by atoms with Crippen LogP contribution in [0.4, 0.5) is 10.1 Å². The van der Waals surface area contributed by atoms with E-state index in [4.69, 9.17) is 0 Å². The monoisotopic (exact) mass is 377 g/mol. The zero-order valence-corrected chi connectivity index (χ0v) is 17.1. The van der Waals surface area contributed by atoms with E-state index in [-0.39, 0.29) is 17.1 Å². The molecule has 1 saturated carbocycles. The lowest BCUT2D eigenvalue weighted by atomic mass is 9.84. The molecule has 6 nitrogen and oxygen atoms in total. The van der Waals surface area contributed by atoms with E-state index < -0.39 is 0 Å². The van der Waals surface area contributed by atoms with Crippen LogP contribution in [0, 0.1) is 11.2 Å². The number of nitrogens with zero attached hydrogens (tertiary/aromatic N) is 3. The number of nitrogens with one attached hydrogen (secondary N) is 2. The van der Waals surface area contributed by atoms with Gasteiger partial charge < -0.3 is 20.4 Å². The van der Waals surface area contributed by atoms with Crippen LogP contribution >= 0.6 is 0 Å². The molecule has 27 heavy (non-hydrogen) atoms. The maximum absolute atomic E-state index is 14.1. The van der Waals surface area contributed by atoms with Gasteiger partial charge in [-0.2, -0.15) is 0 Å². The summed E-state index contributed by atoms with van der Waals surface area (Å²) in [6, 6.07) is 5.20. The number of rotatable bonds is 6. The van der Waals surface area contributed by atoms with E-state index >= 15 is 0 Å². The van der Waals surface area contributed by atoms with Gasteiger partial charge >= 0.3 is 0 Å². The predicted molar refractivity (Wildman–Crippen MR) is 109 cm³/mol. The fraction of sp³-hybridized carbons (Fsp3) is 0.600. The highest BCUT2D eigenvalue weighted by Gasteiger charge is 2.42. The van der Waals surface area contributed by atoms with Gasteiger partial charge in [-0.15, -0.1) is 0 Å². The molecule has 0 saturated heterocycles. The van der Waals surface area contributed by atoms with Gasteiger partial charge in [-0.25, -0.2) is 4.39 Å². The molecule has 0 bridgehead atoms. The van der Waals surface area contributed by atoms with Crippen molar-refractivity contribution in [1.82, 2.24) is 15.5 Å². The third-order valence-electron chi connectivity index (χ3n) is 5.19. The number of aliphatic imine (C=N–C) groups is 1. The van der Waals surface area contributed by atoms with Crippen LogP contribution in [0.2, 0.25) is 0 Å². The smallest absolute Gasteiger partial charge is 0.230 e. The van der Waals surface area contributed by atoms with E-state index in [0.717, 1.165) is 31.2 Å². The highest BCUT2D eigenvalue weighted by molar-refractivity contribution is 5.85. The Hall–Kier alpha value is -2.31. The standard InChI is InChI=1S/C20H32FN5O/c1-22-19(23-13-15-8-9-17(25(2)3)16(21)12-15)24-14-20(10-6-7-11-20)18(27)26(4)5/h8-9,12H,6-7,10-11,13-14H2,1-5H3,(H2,22,23,24). The second kappa shape index (κ2) is 9.06. The van der Waals surface area contributed by atoms with Crippen molar-refractivity contribution in [2.45, 2.75) is 32.2 Å². The molecule has 2 N–H and O–H groups in total. The average molecular weight is 378 g/mol. The number of hydrogen-bond donors (Lipinski definition) is 2. The number of carbonyl (C=O) groups is 1. The van der Waals surface area contributed by atoms with Crippen LogP contribution in [0.3, 0.4) is 0 Å². The average Bonchev–Trinajstić information content (AvgIpc) is 3.11. The Labute approximate surface area is 161 Å². The third-order valence-corrected chi connectivity index (χ3v) is 5.19. The number of amides is 1. The van der Waals surface area contributed by atoms with Crippen LogP contribution in [-0.2, 0) is 11.3 Å². The highest BCUT2D eigenvalue weighted by atomic mass is 19.1. The zero-order chi connectivity index (χ0) is 20.0. The van der Waals surface area contributed by atoms with Crippen molar-refractivity contribution in [2.24, 2.45) is 10.4 Å². The van der Waals surface area contributed by atoms with E-state index in [2.05, 4.69) is 15.6 Å². The van der Waals surface area contributed by atoms with E-state index in [9.17, 15) is 9.18 Å². The Bertz CT molecular complexity index is 681. The topological polar surface area (TPSA) is 60.0 Å². The SMILES string of the molecule is CN=C(NCc1ccc(N(C)C)c(F)c1)NCC1(C(=O)N(C)C)CCCC1. The summed E-state index contributed by atoms with van der Waals surface area (Å²) in [6.45, 7) is 1.01. The quantitative estimate of drug-likeness (QED) is 0.589. The fourth-order valence-corrected chi connectivity index (χ4v) is 3.67. The minimum atomic E-state index is -0.361. The van der Waals surface area contributed by atoms with Crippen molar-refractivity contribution in [3.63, 3.8) is 0 Å². The van der Waals surface area contributed by atoms with Gasteiger partial charge in [0.05, 0.1) is 11.1 Å². The third kappa shape index (κ3) is 5.11. The summed E-state index contributed by atoms with van der Waals surface area (Å²) in [7, 11) is 8.94. The molecule has 150 valence electrons. The predicted octanol–water partition coefficient (Wildman–Crippen LogP) is 2.21. The Balaban J connectivity index is 1.96. The number of carbonyl (C=O) groups excluding carboxylic acids is 1. The van der Waals surface area contributed by atoms with Crippen LogP contribution in [-0.4, -0.2) is 58.5 Å². The van der Waals surface area contributed by atoms with Gasteiger partial charge in [0.25, 0.3) is 0 Å². The summed E-state index contributed by atoms with van der Waals surface area (Å²) in [6.07, 6.45) is 3.94. The summed E-state index contributed by atoms with van der Waals surface area (Å²) in [5.74, 6) is 0.540. The molecule has 1 fully saturated rings. The van der Waals surface area contributed by atoms with Gasteiger partial charge in [0, 0.05) is 48.3 Å². The first-order valence-electron chi connectivity index (χ1n) is 9.41. The fourth-order valence-electron chi connectivity index (χ4n) is 3.67. The van der Waals surface area contributed by atoms with Crippen LogP contribution in [0.25, 0.3) is 0 Å². The molecule has 2 rings (SSSR count). The first-order chi connectivity index (χ1) is 12.8. The second-order valence-electron chi connectivity index (χ2n) is 7.65. The zero-order valence-electron chi connectivity index (χ0n) is 17.1. The molecule has 1 amide bonds. The molecule has 0 unspecified atom stereocenters. The number of halogens is 1. The molecule has 1 aliphatic carbocycles. The normalized spacial score (nSPS) is 16.1. The van der Waals surface area contributed by atoms with Gasteiger partial charge in [-0.05, 0) is 30.5 Å². The van der Waals surface area contributed by atoms with E-state index in [1.54, 1.807) is 37.0 Å². The molecule has 0 heterocycles. The Kier molecular flexibility index (Phi) is 7.05. The first-order valence-corrected chi connectivity index (χ1v) is 9.41. The Morgan fingerprint density at radius 3 is 2.37 bits per heavy atom. The molecule has 0 atom stereocenters. The summed E-state index contributed by atoms with van der Waals surface area (Å²) in [5.41, 5.74) is 1.04. The number of guanidine groups is 1. The molecular formula is C20H32FN5O. The molecule has 1 aromatic carbocycles. The van der Waals surface area contributed by atoms with Crippen molar-refractivity contribution in [1.29, 1.82) is 0 Å². The minimum Gasteiger partial charge on any atom is -0.375 e. The van der Waals surface area contributed by atoms with Crippen molar-refractivity contribution in [3.05, 3.63) is 29.6 Å². The highest BCUT2D eigenvalue weighted by Crippen LogP contribution is 2.38. The maximum Gasteiger partial charge on any atom is 0.230 e. The lowest BCUT2D eigenvalue weighted by molar-refractivity contribution is -0.138. The summed E-state index contributed by atoms with van der Waals surface area (Å²) in [5, 5.41) is 6.50. The van der Waals surface area contributed by atoms with Gasteiger partial charge in [-0.1, -0.05) is 18.9 Å². The molecule has 7 heteroatoms. The van der Waals surface area contributed by atoms with E-state index in [1.165, 1.54) is 6.07 Å². The van der Waals surface area contributed by atoms with E-state index in [1.807, 2.05) is 20.2 Å². The van der Waals surface area contributed by atoms with Crippen molar-refractivity contribution < 1.29 is 9.18 Å². The van der Waals surface area contributed by atoms with Gasteiger partial charge in [0.15, 0.2) is 5.96 Å². The van der Waals surface area contributed by atoms with Crippen LogP contribution in [0.15, 0.2) is 23.2 Å². The molecule has 1 aliphatic rings. The summed E-state index contributed by atoms with van der Waals surface area (Å²) < 4.78 is 14.1. The first kappa shape index (κ1) is 21.0. The number of anilines is 1. The maximum atomic E-state index is 14.1. The lowest BCUT2D eigenvalue weighted by Crippen LogP contribution is -2.49. The molecular weight excluding hydrogens is 345 g/mol. The van der Waals surface area contributed by atoms with Crippen molar-refractivity contribution >= 4 is 17.6 Å². The van der Waals surface area contributed by atoms with Crippen molar-refractivity contribution in [3.8, 4) is 0 Å². The largest absolute Gasteiger partial charge is 0.375 e. The van der Waals surface area contributed by atoms with Gasteiger partial charge in [0.2, 0.25) is 5.91 Å². The Morgan fingerprint density at radius 2 is 1.85 bits per heavy atom.